The van der Waals surface area contributed by atoms with E-state index in [1.807, 2.05) is 36.4 Å². The second-order valence-electron chi connectivity index (χ2n) is 13.0. The molecule has 0 saturated heterocycles. The van der Waals surface area contributed by atoms with Crippen LogP contribution in [0.15, 0.2) is 109 Å². The van der Waals surface area contributed by atoms with E-state index in [1.165, 1.54) is 11.1 Å². The molecule has 0 unspecified atom stereocenters. The minimum absolute atomic E-state index is 0. The van der Waals surface area contributed by atoms with Gasteiger partial charge in [-0.1, -0.05) is 75.2 Å². The largest absolute Gasteiger partial charge is 2.00 e. The van der Waals surface area contributed by atoms with Crippen LogP contribution in [0.1, 0.15) is 56.4 Å². The Balaban J connectivity index is 0.000000459. The molecular formula is C43H42Cl2F6Ti-4. The monoisotopic (exact) mass is 790 g/mol. The first-order chi connectivity index (χ1) is 23.1. The Morgan fingerprint density at radius 1 is 0.538 bits per heavy atom. The Hall–Kier alpha value is -3.03. The first kappa shape index (κ1) is 47.0. The number of hydrogen-bond acceptors (Lipinski definition) is 0. The van der Waals surface area contributed by atoms with Gasteiger partial charge in [-0.3, -0.25) is 0 Å². The minimum atomic E-state index is -4.30. The zero-order valence-corrected chi connectivity index (χ0v) is 32.7. The van der Waals surface area contributed by atoms with Crippen molar-refractivity contribution in [1.29, 1.82) is 0 Å². The van der Waals surface area contributed by atoms with Crippen molar-refractivity contribution in [2.75, 3.05) is 0 Å². The fourth-order valence-electron chi connectivity index (χ4n) is 5.95. The summed E-state index contributed by atoms with van der Waals surface area (Å²) in [6.45, 7) is 15.5. The van der Waals surface area contributed by atoms with Crippen LogP contribution in [-0.2, 0) is 46.9 Å². The van der Waals surface area contributed by atoms with E-state index in [9.17, 15) is 26.3 Å². The van der Waals surface area contributed by atoms with Crippen molar-refractivity contribution in [3.63, 3.8) is 0 Å². The summed E-state index contributed by atoms with van der Waals surface area (Å²) >= 11 is 0. The number of rotatable bonds is 6. The second kappa shape index (κ2) is 20.4. The molecule has 0 aromatic heterocycles. The van der Waals surface area contributed by atoms with Gasteiger partial charge in [0.25, 0.3) is 0 Å². The van der Waals surface area contributed by atoms with E-state index in [0.29, 0.717) is 11.8 Å². The number of hydrogen-bond donors (Lipinski definition) is 0. The molecule has 0 aliphatic carbocycles. The summed E-state index contributed by atoms with van der Waals surface area (Å²) in [5, 5.41) is 4.47. The summed E-state index contributed by atoms with van der Waals surface area (Å²) in [5.74, 6) is 1.14. The van der Waals surface area contributed by atoms with Crippen LogP contribution >= 0.6 is 0 Å². The topological polar surface area (TPSA) is 0 Å². The van der Waals surface area contributed by atoms with E-state index in [2.05, 4.69) is 65.8 Å². The van der Waals surface area contributed by atoms with Crippen LogP contribution in [-0.4, -0.2) is 0 Å². The van der Waals surface area contributed by atoms with Gasteiger partial charge in [-0.15, -0.1) is 69.1 Å². The zero-order chi connectivity index (χ0) is 35.9. The Labute approximate surface area is 331 Å². The molecule has 0 aliphatic rings. The maximum Gasteiger partial charge on any atom is 2.00 e. The Kier molecular flexibility index (Phi) is 18.5. The third-order valence-corrected chi connectivity index (χ3v) is 7.96. The van der Waals surface area contributed by atoms with Gasteiger partial charge in [0.05, 0.1) is 11.1 Å². The molecule has 6 aromatic carbocycles. The molecular weight excluding hydrogens is 749 g/mol. The average Bonchev–Trinajstić information content (AvgIpc) is 3.63. The smallest absolute Gasteiger partial charge is 1.00 e. The molecule has 6 rings (SSSR count). The summed E-state index contributed by atoms with van der Waals surface area (Å²) < 4.78 is 76.2. The van der Waals surface area contributed by atoms with E-state index in [1.54, 1.807) is 24.3 Å². The number of alkyl halides is 6. The van der Waals surface area contributed by atoms with Gasteiger partial charge in [-0.2, -0.15) is 38.5 Å². The van der Waals surface area contributed by atoms with Crippen LogP contribution in [0, 0.1) is 25.7 Å². The molecule has 0 bridgehead atoms. The Morgan fingerprint density at radius 3 is 1.12 bits per heavy atom. The zero-order valence-electron chi connectivity index (χ0n) is 29.6. The molecule has 278 valence electrons. The molecule has 0 heterocycles. The SMILES string of the molecule is CC(C)Cc1cc2c(-c3ccc(C(F)(F)F)cc3)cccc2[cH-]1.CC(C)Cc1cc2c(-c3ccc(C(F)(F)F)cc3)cccc2[cH-]1.[CH2-]C[CH2-].[Cl-].[Cl-].[Ti+2]. The molecule has 0 nitrogen and oxygen atoms in total. The van der Waals surface area contributed by atoms with Gasteiger partial charge in [0.1, 0.15) is 0 Å². The predicted molar refractivity (Wildman–Crippen MR) is 192 cm³/mol. The van der Waals surface area contributed by atoms with Crippen LogP contribution in [0.5, 0.6) is 0 Å². The van der Waals surface area contributed by atoms with E-state index in [4.69, 9.17) is 0 Å². The average molecular weight is 792 g/mol. The normalized spacial score (nSPS) is 11.2. The van der Waals surface area contributed by atoms with Crippen molar-refractivity contribution in [2.24, 2.45) is 11.8 Å². The minimum Gasteiger partial charge on any atom is -1.00 e. The van der Waals surface area contributed by atoms with Crippen molar-refractivity contribution in [2.45, 2.75) is 59.3 Å². The Morgan fingerprint density at radius 2 is 0.846 bits per heavy atom. The van der Waals surface area contributed by atoms with E-state index in [-0.39, 0.29) is 46.5 Å². The summed E-state index contributed by atoms with van der Waals surface area (Å²) in [7, 11) is 0. The molecule has 0 aliphatic heterocycles. The fraction of sp³-hybridized carbons (Fsp3) is 0.256. The van der Waals surface area contributed by atoms with E-state index >= 15 is 0 Å². The van der Waals surface area contributed by atoms with Crippen LogP contribution < -0.4 is 24.8 Å². The first-order valence-corrected chi connectivity index (χ1v) is 16.4. The van der Waals surface area contributed by atoms with Gasteiger partial charge in [0, 0.05) is 0 Å². The number of fused-ring (bicyclic) bond motifs is 2. The van der Waals surface area contributed by atoms with Gasteiger partial charge in [0.15, 0.2) is 0 Å². The van der Waals surface area contributed by atoms with Gasteiger partial charge in [-0.25, -0.2) is 0 Å². The molecule has 6 aromatic rings. The molecule has 0 radical (unpaired) electrons. The van der Waals surface area contributed by atoms with Crippen LogP contribution in [0.25, 0.3) is 43.8 Å². The third-order valence-electron chi connectivity index (χ3n) is 7.96. The molecule has 0 atom stereocenters. The van der Waals surface area contributed by atoms with Crippen LogP contribution in [0.3, 0.4) is 0 Å². The van der Waals surface area contributed by atoms with Crippen molar-refractivity contribution in [3.8, 4) is 22.3 Å². The van der Waals surface area contributed by atoms with Crippen molar-refractivity contribution >= 4 is 21.5 Å². The third kappa shape index (κ3) is 12.5. The maximum absolute atomic E-state index is 12.7. The maximum atomic E-state index is 12.7. The Bertz CT molecular complexity index is 1790. The molecule has 0 N–H and O–H groups in total. The summed E-state index contributed by atoms with van der Waals surface area (Å²) in [6.07, 6.45) is -5.84. The summed E-state index contributed by atoms with van der Waals surface area (Å²) in [4.78, 5) is 0. The molecule has 0 spiro atoms. The second-order valence-corrected chi connectivity index (χ2v) is 13.0. The van der Waals surface area contributed by atoms with Crippen molar-refractivity contribution in [1.82, 2.24) is 0 Å². The number of halogens is 8. The molecule has 0 fully saturated rings. The summed E-state index contributed by atoms with van der Waals surface area (Å²) in [5.41, 5.74) is 4.89. The van der Waals surface area contributed by atoms with Crippen molar-refractivity contribution in [3.05, 3.63) is 145 Å². The van der Waals surface area contributed by atoms with Crippen LogP contribution in [0.2, 0.25) is 0 Å². The van der Waals surface area contributed by atoms with Crippen molar-refractivity contribution < 1.29 is 72.9 Å². The van der Waals surface area contributed by atoms with Gasteiger partial charge >= 0.3 is 34.1 Å². The molecule has 9 heteroatoms. The van der Waals surface area contributed by atoms with Crippen LogP contribution in [0.4, 0.5) is 26.3 Å². The number of benzene rings is 4. The fourth-order valence-corrected chi connectivity index (χ4v) is 5.95. The van der Waals surface area contributed by atoms with Gasteiger partial charge in [0.2, 0.25) is 0 Å². The molecule has 0 amide bonds. The van der Waals surface area contributed by atoms with Gasteiger partial charge < -0.3 is 45.1 Å². The van der Waals surface area contributed by atoms with E-state index in [0.717, 1.165) is 87.3 Å². The standard InChI is InChI=1S/2C20H18F3.C3H6.2ClH.Ti/c2*1-13(2)10-14-11-16-4-3-5-18(19(16)12-14)15-6-8-17(9-7-15)20(21,22)23;1-3-2;;;/h2*3-9,11-13H,10H2,1-2H3;1-3H2;2*1H;/q2*-1;-2;;;+2/p-2. The quantitative estimate of drug-likeness (QED) is 0.0914. The van der Waals surface area contributed by atoms with E-state index < -0.39 is 23.5 Å². The summed E-state index contributed by atoms with van der Waals surface area (Å²) in [6, 6.07) is 31.3. The molecule has 52 heavy (non-hydrogen) atoms. The first-order valence-electron chi connectivity index (χ1n) is 16.4. The predicted octanol–water partition coefficient (Wildman–Crippen LogP) is 7.94. The molecule has 0 saturated carbocycles. The van der Waals surface area contributed by atoms with Gasteiger partial charge in [-0.05, 0) is 60.1 Å².